The molecule has 2 aliphatic rings. The smallest absolute Gasteiger partial charge is 0.212 e. The van der Waals surface area contributed by atoms with Crippen molar-refractivity contribution >= 4 is 10.0 Å². The van der Waals surface area contributed by atoms with Crippen LogP contribution < -0.4 is 10.5 Å². The molecular formula is C23H29FN2O2S. The van der Waals surface area contributed by atoms with E-state index in [1.165, 1.54) is 17.2 Å². The van der Waals surface area contributed by atoms with Crippen LogP contribution >= 0.6 is 0 Å². The molecule has 1 fully saturated rings. The van der Waals surface area contributed by atoms with E-state index >= 15 is 0 Å². The second kappa shape index (κ2) is 8.17. The fourth-order valence-corrected chi connectivity index (χ4v) is 6.14. The van der Waals surface area contributed by atoms with Gasteiger partial charge in [0.25, 0.3) is 0 Å². The lowest BCUT2D eigenvalue weighted by molar-refractivity contribution is 0.435. The van der Waals surface area contributed by atoms with Gasteiger partial charge in [-0.2, -0.15) is 0 Å². The summed E-state index contributed by atoms with van der Waals surface area (Å²) >= 11 is 0. The van der Waals surface area contributed by atoms with E-state index in [9.17, 15) is 12.8 Å². The van der Waals surface area contributed by atoms with Crippen LogP contribution in [0, 0.1) is 17.7 Å². The van der Waals surface area contributed by atoms with Crippen molar-refractivity contribution < 1.29 is 12.8 Å². The summed E-state index contributed by atoms with van der Waals surface area (Å²) in [6.45, 7) is 0.895. The van der Waals surface area contributed by atoms with Gasteiger partial charge in [-0.1, -0.05) is 30.3 Å². The third-order valence-corrected chi connectivity index (χ3v) is 7.87. The number of sulfonamides is 1. The van der Waals surface area contributed by atoms with Gasteiger partial charge in [0.15, 0.2) is 0 Å². The summed E-state index contributed by atoms with van der Waals surface area (Å²) in [4.78, 5) is 0. The zero-order chi connectivity index (χ0) is 20.6. The van der Waals surface area contributed by atoms with E-state index < -0.39 is 15.3 Å². The number of benzene rings is 2. The third kappa shape index (κ3) is 4.71. The Bertz CT molecular complexity index is 988. The second-order valence-corrected chi connectivity index (χ2v) is 10.4. The van der Waals surface area contributed by atoms with Crippen molar-refractivity contribution in [3.63, 3.8) is 0 Å². The maximum atomic E-state index is 13.7. The zero-order valence-electron chi connectivity index (χ0n) is 16.8. The van der Waals surface area contributed by atoms with E-state index in [-0.39, 0.29) is 17.7 Å². The van der Waals surface area contributed by atoms with E-state index in [1.807, 2.05) is 13.1 Å². The van der Waals surface area contributed by atoms with Crippen LogP contribution in [-0.4, -0.2) is 27.3 Å². The number of nitrogens with one attached hydrogen (secondary N) is 1. The Morgan fingerprint density at radius 3 is 2.62 bits per heavy atom. The van der Waals surface area contributed by atoms with Crippen molar-refractivity contribution in [2.75, 3.05) is 13.6 Å². The third-order valence-electron chi connectivity index (χ3n) is 6.48. The molecule has 2 aliphatic carbocycles. The molecule has 156 valence electrons. The molecule has 0 heterocycles. The molecule has 29 heavy (non-hydrogen) atoms. The normalized spacial score (nSPS) is 22.4. The van der Waals surface area contributed by atoms with E-state index in [0.717, 1.165) is 43.4 Å². The Hall–Kier alpha value is -1.76. The van der Waals surface area contributed by atoms with Gasteiger partial charge in [0, 0.05) is 0 Å². The minimum atomic E-state index is -3.55. The molecule has 0 saturated heterocycles. The highest BCUT2D eigenvalue weighted by atomic mass is 32.2. The minimum Gasteiger partial charge on any atom is -0.319 e. The molecule has 0 aromatic heterocycles. The van der Waals surface area contributed by atoms with Crippen molar-refractivity contribution in [1.29, 1.82) is 0 Å². The molecule has 4 rings (SSSR count). The van der Waals surface area contributed by atoms with Gasteiger partial charge in [-0.3, -0.25) is 0 Å². The first-order valence-electron chi connectivity index (χ1n) is 10.4. The second-order valence-electron chi connectivity index (χ2n) is 8.66. The molecule has 2 aromatic rings. The van der Waals surface area contributed by atoms with Crippen LogP contribution in [0.3, 0.4) is 0 Å². The molecule has 0 amide bonds. The molecule has 4 nitrogen and oxygen atoms in total. The van der Waals surface area contributed by atoms with Crippen molar-refractivity contribution in [3.8, 4) is 0 Å². The van der Waals surface area contributed by atoms with Crippen LogP contribution in [0.15, 0.2) is 42.5 Å². The summed E-state index contributed by atoms with van der Waals surface area (Å²) in [6.07, 6.45) is 4.12. The standard InChI is InChI=1S/C23H29FN2O2S/c1-26-14-19-13-18-6-5-16(12-23(17-7-8-17)29(25,27)28)11-21(18)22(19)10-15-3-2-4-20(24)9-15/h2-6,9,11,17,19,22-23,26H,7-8,10,12-14H2,1H3,(H2,25,27,28). The van der Waals surface area contributed by atoms with Crippen molar-refractivity contribution in [2.24, 2.45) is 17.0 Å². The monoisotopic (exact) mass is 416 g/mol. The van der Waals surface area contributed by atoms with Gasteiger partial charge < -0.3 is 5.32 Å². The highest BCUT2D eigenvalue weighted by Crippen LogP contribution is 2.42. The quantitative estimate of drug-likeness (QED) is 0.694. The van der Waals surface area contributed by atoms with Crippen molar-refractivity contribution in [3.05, 3.63) is 70.5 Å². The minimum absolute atomic E-state index is 0.193. The topological polar surface area (TPSA) is 72.2 Å². The summed E-state index contributed by atoms with van der Waals surface area (Å²) in [6, 6.07) is 13.2. The van der Waals surface area contributed by atoms with E-state index in [0.29, 0.717) is 12.3 Å². The molecule has 0 radical (unpaired) electrons. The van der Waals surface area contributed by atoms with Gasteiger partial charge >= 0.3 is 0 Å². The molecule has 0 spiro atoms. The van der Waals surface area contributed by atoms with Gasteiger partial charge in [-0.15, -0.1) is 0 Å². The van der Waals surface area contributed by atoms with Gasteiger partial charge in [-0.25, -0.2) is 17.9 Å². The molecule has 0 aliphatic heterocycles. The van der Waals surface area contributed by atoms with Gasteiger partial charge in [-0.05, 0) is 97.8 Å². The maximum Gasteiger partial charge on any atom is 0.212 e. The molecule has 6 heteroatoms. The van der Waals surface area contributed by atoms with Crippen LogP contribution in [0.1, 0.15) is 41.0 Å². The van der Waals surface area contributed by atoms with Gasteiger partial charge in [0.2, 0.25) is 10.0 Å². The predicted octanol–water partition coefficient (Wildman–Crippen LogP) is 3.15. The Kier molecular flexibility index (Phi) is 5.78. The molecule has 1 saturated carbocycles. The van der Waals surface area contributed by atoms with Gasteiger partial charge in [0.1, 0.15) is 5.82 Å². The fourth-order valence-electron chi connectivity index (χ4n) is 4.90. The SMILES string of the molecule is CNCC1Cc2ccc(CC(C3CC3)S(N)(=O)=O)cc2C1Cc1cccc(F)c1. The number of hydrogen-bond donors (Lipinski definition) is 2. The van der Waals surface area contributed by atoms with Crippen LogP contribution in [-0.2, 0) is 29.3 Å². The Balaban J connectivity index is 1.62. The molecule has 0 bridgehead atoms. The lowest BCUT2D eigenvalue weighted by atomic mass is 9.86. The number of hydrogen-bond acceptors (Lipinski definition) is 3. The van der Waals surface area contributed by atoms with E-state index in [4.69, 9.17) is 5.14 Å². The average molecular weight is 417 g/mol. The predicted molar refractivity (Wildman–Crippen MR) is 114 cm³/mol. The number of primary sulfonamides is 1. The summed E-state index contributed by atoms with van der Waals surface area (Å²) in [5, 5.41) is 8.32. The summed E-state index contributed by atoms with van der Waals surface area (Å²) in [7, 11) is -1.59. The first kappa shape index (κ1) is 20.5. The number of rotatable bonds is 8. The van der Waals surface area contributed by atoms with Crippen molar-refractivity contribution in [1.82, 2.24) is 5.32 Å². The van der Waals surface area contributed by atoms with Crippen LogP contribution in [0.5, 0.6) is 0 Å². The summed E-state index contributed by atoms with van der Waals surface area (Å²) in [5.41, 5.74) is 4.61. The number of fused-ring (bicyclic) bond motifs is 1. The lowest BCUT2D eigenvalue weighted by Crippen LogP contribution is -2.32. The average Bonchev–Trinajstić information content (AvgIpc) is 3.44. The maximum absolute atomic E-state index is 13.7. The van der Waals surface area contributed by atoms with Crippen LogP contribution in [0.4, 0.5) is 4.39 Å². The number of nitrogens with two attached hydrogens (primary N) is 1. The van der Waals surface area contributed by atoms with E-state index in [2.05, 4.69) is 23.5 Å². The largest absolute Gasteiger partial charge is 0.319 e. The summed E-state index contributed by atoms with van der Waals surface area (Å²) < 4.78 is 37.8. The van der Waals surface area contributed by atoms with Crippen LogP contribution in [0.25, 0.3) is 0 Å². The zero-order valence-corrected chi connectivity index (χ0v) is 17.6. The van der Waals surface area contributed by atoms with Gasteiger partial charge in [0.05, 0.1) is 5.25 Å². The first-order chi connectivity index (χ1) is 13.8. The van der Waals surface area contributed by atoms with E-state index in [1.54, 1.807) is 12.1 Å². The summed E-state index contributed by atoms with van der Waals surface area (Å²) in [5.74, 6) is 0.706. The molecule has 2 aromatic carbocycles. The Labute approximate surface area is 172 Å². The molecule has 3 N–H and O–H groups in total. The molecule has 3 unspecified atom stereocenters. The van der Waals surface area contributed by atoms with Crippen LogP contribution in [0.2, 0.25) is 0 Å². The van der Waals surface area contributed by atoms with Crippen molar-refractivity contribution in [2.45, 2.75) is 43.3 Å². The number of halogens is 1. The molecular weight excluding hydrogens is 387 g/mol. The fraction of sp³-hybridized carbons (Fsp3) is 0.478. The first-order valence-corrected chi connectivity index (χ1v) is 12.0. The lowest BCUT2D eigenvalue weighted by Gasteiger charge is -2.21. The highest BCUT2D eigenvalue weighted by Gasteiger charge is 2.39. The Morgan fingerprint density at radius 2 is 1.97 bits per heavy atom. The highest BCUT2D eigenvalue weighted by molar-refractivity contribution is 7.89. The Morgan fingerprint density at radius 1 is 1.17 bits per heavy atom. The molecule has 3 atom stereocenters.